The Labute approximate surface area is 571 Å². The maximum absolute atomic E-state index is 13.4. The van der Waals surface area contributed by atoms with Crippen molar-refractivity contribution in [3.63, 3.8) is 0 Å². The number of carbonyl (C=O) groups is 6. The van der Waals surface area contributed by atoms with E-state index in [9.17, 15) is 141 Å². The van der Waals surface area contributed by atoms with Crippen molar-refractivity contribution in [2.75, 3.05) is 39.6 Å². The van der Waals surface area contributed by atoms with Crippen molar-refractivity contribution in [3.05, 3.63) is 0 Å². The molecule has 0 aromatic rings. The molecule has 0 saturated carbocycles. The van der Waals surface area contributed by atoms with Gasteiger partial charge >= 0.3 is 11.9 Å². The summed E-state index contributed by atoms with van der Waals surface area (Å²) in [7, 11) is 0. The number of aliphatic hydroxyl groups is 20. The van der Waals surface area contributed by atoms with Gasteiger partial charge < -0.3 is 195 Å². The molecule has 45 nitrogen and oxygen atoms in total. The number of rotatable bonds is 28. The summed E-state index contributed by atoms with van der Waals surface area (Å²) in [4.78, 5) is 76.5. The number of hydrogen-bond donors (Lipinski definition) is 26. The number of amides is 4. The molecule has 582 valence electrons. The van der Waals surface area contributed by atoms with Crippen LogP contribution in [0.3, 0.4) is 0 Å². The first-order chi connectivity index (χ1) is 47.3. The fourth-order valence-corrected chi connectivity index (χ4v) is 12.8. The topological polar surface area (TPSA) is 716 Å². The van der Waals surface area contributed by atoms with Crippen LogP contribution in [0.5, 0.6) is 0 Å². The lowest BCUT2D eigenvalue weighted by Gasteiger charge is -2.50. The molecule has 45 heteroatoms. The molecule has 7 heterocycles. The van der Waals surface area contributed by atoms with Gasteiger partial charge in [0.15, 0.2) is 31.5 Å². The molecule has 37 atom stereocenters. The lowest BCUT2D eigenvalue weighted by Crippen LogP contribution is -2.71. The number of aliphatic carboxylic acids is 2. The average molecular weight is 1480 g/mol. The molecule has 101 heavy (non-hydrogen) atoms. The third-order valence-corrected chi connectivity index (χ3v) is 18.1. The molecular formula is C56H92N4O41. The van der Waals surface area contributed by atoms with Crippen molar-refractivity contribution in [3.8, 4) is 0 Å². The molecule has 26 N–H and O–H groups in total. The summed E-state index contributed by atoms with van der Waals surface area (Å²) in [5.41, 5.74) is 0. The quantitative estimate of drug-likeness (QED) is 0.0346. The molecule has 0 aliphatic carbocycles. The highest BCUT2D eigenvalue weighted by Gasteiger charge is 2.63. The number of carboxylic acid groups (broad SMARTS) is 2. The van der Waals surface area contributed by atoms with Gasteiger partial charge in [-0.15, -0.1) is 0 Å². The summed E-state index contributed by atoms with van der Waals surface area (Å²) in [5.74, 6) is -14.6. The predicted octanol–water partition coefficient (Wildman–Crippen LogP) is -16.3. The second kappa shape index (κ2) is 35.3. The second-order valence-electron chi connectivity index (χ2n) is 25.4. The van der Waals surface area contributed by atoms with Crippen molar-refractivity contribution in [2.45, 2.75) is 273 Å². The maximum Gasteiger partial charge on any atom is 0.364 e. The van der Waals surface area contributed by atoms with Crippen LogP contribution in [0.4, 0.5) is 0 Å². The van der Waals surface area contributed by atoms with Crippen molar-refractivity contribution < 1.29 is 203 Å². The number of aliphatic hydroxyl groups excluding tert-OH is 20. The zero-order valence-corrected chi connectivity index (χ0v) is 54.5. The van der Waals surface area contributed by atoms with Gasteiger partial charge in [0.05, 0.1) is 70.0 Å². The zero-order valence-electron chi connectivity index (χ0n) is 54.5. The number of nitrogens with one attached hydrogen (secondary N) is 4. The van der Waals surface area contributed by atoms with E-state index in [4.69, 9.17) is 61.6 Å². The lowest BCUT2D eigenvalue weighted by molar-refractivity contribution is -0.386. The normalized spacial score (nSPS) is 44.9. The van der Waals surface area contributed by atoms with Crippen LogP contribution in [-0.2, 0) is 90.3 Å². The minimum Gasteiger partial charge on any atom is -0.477 e. The van der Waals surface area contributed by atoms with Gasteiger partial charge in [0.1, 0.15) is 152 Å². The molecule has 4 amide bonds. The highest BCUT2D eigenvalue weighted by molar-refractivity contribution is 5.78. The summed E-state index contributed by atoms with van der Waals surface area (Å²) in [6.07, 6.45) is -67.2. The van der Waals surface area contributed by atoms with E-state index < -0.39 is 314 Å². The van der Waals surface area contributed by atoms with Crippen LogP contribution < -0.4 is 21.3 Å². The predicted molar refractivity (Wildman–Crippen MR) is 311 cm³/mol. The molecule has 7 aliphatic heterocycles. The van der Waals surface area contributed by atoms with Crippen molar-refractivity contribution >= 4 is 35.6 Å². The van der Waals surface area contributed by atoms with Gasteiger partial charge in [0.2, 0.25) is 23.6 Å². The lowest BCUT2D eigenvalue weighted by atomic mass is 9.87. The molecule has 7 rings (SSSR count). The minimum atomic E-state index is -3.31. The molecule has 0 aromatic carbocycles. The molecule has 0 aromatic heterocycles. The molecule has 0 unspecified atom stereocenters. The number of hydrogen-bond acceptors (Lipinski definition) is 39. The molecule has 0 spiro atoms. The molecule has 0 radical (unpaired) electrons. The first kappa shape index (κ1) is 83.8. The van der Waals surface area contributed by atoms with Gasteiger partial charge in [-0.2, -0.15) is 0 Å². The first-order valence-corrected chi connectivity index (χ1v) is 31.7. The van der Waals surface area contributed by atoms with Gasteiger partial charge in [0.25, 0.3) is 11.6 Å². The standard InChI is InChI=1S/C56H92N4O41/c1-14-31(73)37(79)39(81)50(90-14)97-44-30(60-18(5)69)49(92-22(9-62)33(44)75)95-42-25(12-65)94-51(40(82)38(42)80)98-47-34(76)23(10-63)93-52(41(47)83)96-43-29(59-17(4)68)48(84)91-26(36(43)78)13-89-55(53(85)86)6-19(70)28(58-16(3)67)46(100-55)35(77)24(11-64)99-56(54(87)88)7-20(71)27(57-15(2)66)45(101-56)32(74)21(72)8-61/h14,19-52,61-65,70-84H,6-13H2,1-5H3,(H,57,66)(H,58,67)(H,59,68)(H,60,69)(H,85,86)(H,87,88)/t14-,19-,20-,21+,22+,23+,24+,25+,26+,27+,28+,29+,30+,31+,32+,33-,34-,35+,36-,37+,38+,39-,40+,41+,42-,43+,44+,45+,46+,47-,48-,49-,50-,51-,52-,55+,56+/m0/s1. The largest absolute Gasteiger partial charge is 0.477 e. The Hall–Kier alpha value is -4.50. The van der Waals surface area contributed by atoms with E-state index in [2.05, 4.69) is 21.3 Å². The smallest absolute Gasteiger partial charge is 0.364 e. The Morgan fingerprint density at radius 2 is 0.851 bits per heavy atom. The Balaban J connectivity index is 1.10. The van der Waals surface area contributed by atoms with Gasteiger partial charge in [-0.1, -0.05) is 0 Å². The molecular weight excluding hydrogens is 1380 g/mol. The van der Waals surface area contributed by atoms with E-state index in [0.717, 1.165) is 27.7 Å². The summed E-state index contributed by atoms with van der Waals surface area (Å²) in [5, 5.41) is 251. The Morgan fingerprint density at radius 3 is 1.37 bits per heavy atom. The maximum atomic E-state index is 13.4. The monoisotopic (exact) mass is 1480 g/mol. The molecule has 7 aliphatic rings. The van der Waals surface area contributed by atoms with Crippen molar-refractivity contribution in [2.24, 2.45) is 0 Å². The summed E-state index contributed by atoms with van der Waals surface area (Å²) < 4.78 is 74.5. The van der Waals surface area contributed by atoms with E-state index in [1.165, 1.54) is 6.92 Å². The minimum absolute atomic E-state index is 0.843. The number of carboxylic acids is 2. The molecule has 7 fully saturated rings. The fraction of sp³-hybridized carbons (Fsp3) is 0.893. The van der Waals surface area contributed by atoms with E-state index >= 15 is 0 Å². The number of carbonyl (C=O) groups excluding carboxylic acids is 4. The fourth-order valence-electron chi connectivity index (χ4n) is 12.8. The Bertz CT molecular complexity index is 2750. The van der Waals surface area contributed by atoms with Crippen LogP contribution in [-0.4, -0.2) is 413 Å². The Morgan fingerprint density at radius 1 is 0.436 bits per heavy atom. The van der Waals surface area contributed by atoms with Gasteiger partial charge in [0, 0.05) is 40.5 Å². The summed E-state index contributed by atoms with van der Waals surface area (Å²) >= 11 is 0. The van der Waals surface area contributed by atoms with E-state index in [-0.39, 0.29) is 0 Å². The van der Waals surface area contributed by atoms with Crippen molar-refractivity contribution in [1.82, 2.24) is 21.3 Å². The Kier molecular flexibility index (Phi) is 29.3. The third kappa shape index (κ3) is 18.5. The number of ether oxygens (including phenoxy) is 13. The molecule has 0 bridgehead atoms. The summed E-state index contributed by atoms with van der Waals surface area (Å²) in [6, 6.07) is -7.32. The second-order valence-corrected chi connectivity index (χ2v) is 25.4. The van der Waals surface area contributed by atoms with Crippen molar-refractivity contribution in [1.29, 1.82) is 0 Å². The summed E-state index contributed by atoms with van der Waals surface area (Å²) in [6.45, 7) is -2.22. The molecule has 7 saturated heterocycles. The van der Waals surface area contributed by atoms with E-state index in [1.807, 2.05) is 0 Å². The highest BCUT2D eigenvalue weighted by atomic mass is 16.8. The van der Waals surface area contributed by atoms with Gasteiger partial charge in [-0.25, -0.2) is 9.59 Å². The highest BCUT2D eigenvalue weighted by Crippen LogP contribution is 2.41. The van der Waals surface area contributed by atoms with Crippen LogP contribution in [0, 0.1) is 0 Å². The van der Waals surface area contributed by atoms with E-state index in [0.29, 0.717) is 0 Å². The average Bonchev–Trinajstić information content (AvgIpc) is 0.768. The van der Waals surface area contributed by atoms with E-state index in [1.54, 1.807) is 0 Å². The van der Waals surface area contributed by atoms with Crippen LogP contribution in [0.25, 0.3) is 0 Å². The first-order valence-electron chi connectivity index (χ1n) is 31.7. The SMILES string of the molecule is CC(=O)N[C@@H]1[C@@H](O[C@@H]2O[C@H](CO)[C@H](O)[C@H](O[C@@H]3O[C@H](CO)[C@H](O[C@@H]4O[C@H](CO)[C@H](O)[C@H](O[C@@H]5O[C@@H](C)[C@@H](O)[C@@H](O)[C@@H]5O)[C@H]4NC(C)=O)[C@H](O)[C@H]3O)[C@H]2O)[C@@H](O)[C@@H](CO[C@]2(C(=O)O)C[C@H](O)[C@@H](NC(C)=O)[C@H]([C@H](O)[C@@H](CO)O[C@]3(C(=O)O)C[C@H](O)[C@@H](NC(C)=O)[C@H]([C@H](O)[C@H](O)CO)O3)O2)O[C@@H]1O. The van der Waals surface area contributed by atoms with Crippen LogP contribution >= 0.6 is 0 Å². The third-order valence-electron chi connectivity index (χ3n) is 18.1. The van der Waals surface area contributed by atoms with Gasteiger partial charge in [-0.05, 0) is 6.92 Å². The zero-order chi connectivity index (χ0) is 75.3. The van der Waals surface area contributed by atoms with Crippen LogP contribution in [0.15, 0.2) is 0 Å². The van der Waals surface area contributed by atoms with Crippen LogP contribution in [0.1, 0.15) is 47.5 Å². The van der Waals surface area contributed by atoms with Gasteiger partial charge in [-0.3, -0.25) is 19.2 Å². The van der Waals surface area contributed by atoms with Crippen LogP contribution in [0.2, 0.25) is 0 Å².